The van der Waals surface area contributed by atoms with E-state index in [2.05, 4.69) is 18.3 Å². The first kappa shape index (κ1) is 12.5. The fourth-order valence-corrected chi connectivity index (χ4v) is 1.32. The molecule has 1 aromatic carbocycles. The van der Waals surface area contributed by atoms with Crippen molar-refractivity contribution in [2.45, 2.75) is 32.9 Å². The second-order valence-electron chi connectivity index (χ2n) is 3.57. The third-order valence-corrected chi connectivity index (χ3v) is 2.30. The van der Waals surface area contributed by atoms with Crippen molar-refractivity contribution < 1.29 is 4.74 Å². The topological polar surface area (TPSA) is 45.0 Å². The lowest BCUT2D eigenvalue weighted by Gasteiger charge is -2.10. The molecule has 0 amide bonds. The van der Waals surface area contributed by atoms with Crippen molar-refractivity contribution in [2.75, 3.05) is 6.54 Å². The van der Waals surface area contributed by atoms with E-state index in [1.165, 1.54) is 5.56 Å². The molecule has 0 heterocycles. The zero-order valence-electron chi connectivity index (χ0n) is 9.86. The Bertz CT molecular complexity index is 340. The lowest BCUT2D eigenvalue weighted by Crippen LogP contribution is -2.13. The summed E-state index contributed by atoms with van der Waals surface area (Å²) in [5, 5.41) is 12.0. The molecule has 3 nitrogen and oxygen atoms in total. The molecular weight excluding hydrogens is 200 g/mol. The zero-order chi connectivity index (χ0) is 11.8. The van der Waals surface area contributed by atoms with Gasteiger partial charge in [-0.1, -0.05) is 26.0 Å². The number of ether oxygens (including phenoxy) is 1. The molecular formula is C13H18N2O. The molecule has 0 aliphatic carbocycles. The van der Waals surface area contributed by atoms with Gasteiger partial charge in [0.2, 0.25) is 0 Å². The van der Waals surface area contributed by atoms with E-state index in [-0.39, 0.29) is 6.10 Å². The van der Waals surface area contributed by atoms with Crippen LogP contribution >= 0.6 is 0 Å². The molecule has 1 atom stereocenters. The van der Waals surface area contributed by atoms with Crippen molar-refractivity contribution in [3.05, 3.63) is 29.8 Å². The van der Waals surface area contributed by atoms with Gasteiger partial charge >= 0.3 is 0 Å². The van der Waals surface area contributed by atoms with Gasteiger partial charge in [-0.05, 0) is 30.7 Å². The van der Waals surface area contributed by atoms with Crippen LogP contribution in [0.15, 0.2) is 24.3 Å². The summed E-state index contributed by atoms with van der Waals surface area (Å²) >= 11 is 0. The van der Waals surface area contributed by atoms with E-state index >= 15 is 0 Å². The molecule has 1 N–H and O–H groups in total. The third kappa shape index (κ3) is 3.92. The fourth-order valence-electron chi connectivity index (χ4n) is 1.32. The molecule has 3 heteroatoms. The van der Waals surface area contributed by atoms with Gasteiger partial charge in [0, 0.05) is 6.54 Å². The zero-order valence-corrected chi connectivity index (χ0v) is 9.86. The number of rotatable bonds is 6. The van der Waals surface area contributed by atoms with Crippen molar-refractivity contribution in [3.8, 4) is 11.8 Å². The Balaban J connectivity index is 2.54. The highest BCUT2D eigenvalue weighted by Crippen LogP contribution is 2.14. The van der Waals surface area contributed by atoms with Crippen LogP contribution in [0.3, 0.4) is 0 Å². The van der Waals surface area contributed by atoms with Gasteiger partial charge in [0.15, 0.2) is 6.10 Å². The molecule has 86 valence electrons. The summed E-state index contributed by atoms with van der Waals surface area (Å²) in [7, 11) is 0. The van der Waals surface area contributed by atoms with E-state index in [9.17, 15) is 0 Å². The normalized spacial score (nSPS) is 11.8. The van der Waals surface area contributed by atoms with Crippen LogP contribution in [-0.4, -0.2) is 12.6 Å². The number of nitrogens with zero attached hydrogens (tertiary/aromatic N) is 1. The lowest BCUT2D eigenvalue weighted by molar-refractivity contribution is 0.252. The second-order valence-corrected chi connectivity index (χ2v) is 3.57. The van der Waals surface area contributed by atoms with Gasteiger partial charge in [0.25, 0.3) is 0 Å². The minimum absolute atomic E-state index is 0.348. The Kier molecular flexibility index (Phi) is 5.38. The van der Waals surface area contributed by atoms with Gasteiger partial charge in [-0.25, -0.2) is 0 Å². The van der Waals surface area contributed by atoms with Gasteiger partial charge in [-0.2, -0.15) is 5.26 Å². The van der Waals surface area contributed by atoms with Gasteiger partial charge in [0.1, 0.15) is 11.8 Å². The van der Waals surface area contributed by atoms with Crippen LogP contribution in [0.2, 0.25) is 0 Å². The van der Waals surface area contributed by atoms with E-state index in [0.29, 0.717) is 6.42 Å². The summed E-state index contributed by atoms with van der Waals surface area (Å²) < 4.78 is 5.49. The van der Waals surface area contributed by atoms with Gasteiger partial charge in [-0.3, -0.25) is 0 Å². The van der Waals surface area contributed by atoms with Crippen molar-refractivity contribution >= 4 is 0 Å². The first-order valence-electron chi connectivity index (χ1n) is 5.66. The van der Waals surface area contributed by atoms with E-state index in [4.69, 9.17) is 10.00 Å². The second kappa shape index (κ2) is 6.86. The molecule has 1 rings (SSSR count). The monoisotopic (exact) mass is 218 g/mol. The molecule has 0 saturated heterocycles. The van der Waals surface area contributed by atoms with Crippen LogP contribution in [0, 0.1) is 11.3 Å². The van der Waals surface area contributed by atoms with Crippen LogP contribution < -0.4 is 10.1 Å². The Hall–Kier alpha value is -1.53. The number of nitrogens with one attached hydrogen (secondary N) is 1. The highest BCUT2D eigenvalue weighted by atomic mass is 16.5. The van der Waals surface area contributed by atoms with Crippen LogP contribution in [0.5, 0.6) is 5.75 Å². The highest BCUT2D eigenvalue weighted by Gasteiger charge is 2.05. The van der Waals surface area contributed by atoms with Crippen molar-refractivity contribution in [1.29, 1.82) is 5.26 Å². The maximum atomic E-state index is 8.77. The molecule has 1 aromatic rings. The van der Waals surface area contributed by atoms with Crippen molar-refractivity contribution in [2.24, 2.45) is 0 Å². The van der Waals surface area contributed by atoms with Crippen molar-refractivity contribution in [3.63, 3.8) is 0 Å². The predicted octanol–water partition coefficient (Wildman–Crippen LogP) is 2.48. The highest BCUT2D eigenvalue weighted by molar-refractivity contribution is 5.27. The van der Waals surface area contributed by atoms with Crippen LogP contribution in [0.1, 0.15) is 25.8 Å². The first-order chi connectivity index (χ1) is 7.80. The lowest BCUT2D eigenvalue weighted by atomic mass is 10.2. The average Bonchev–Trinajstić information content (AvgIpc) is 2.35. The average molecular weight is 218 g/mol. The largest absolute Gasteiger partial charge is 0.476 e. The predicted molar refractivity (Wildman–Crippen MR) is 64.1 cm³/mol. The molecule has 0 fully saturated rings. The third-order valence-electron chi connectivity index (χ3n) is 2.30. The number of hydrogen-bond donors (Lipinski definition) is 1. The first-order valence-corrected chi connectivity index (χ1v) is 5.66. The minimum atomic E-state index is -0.348. The Morgan fingerprint density at radius 1 is 1.31 bits per heavy atom. The summed E-state index contributed by atoms with van der Waals surface area (Å²) in [6.07, 6.45) is 0.356. The molecule has 16 heavy (non-hydrogen) atoms. The Labute approximate surface area is 97.0 Å². The molecule has 1 unspecified atom stereocenters. The van der Waals surface area contributed by atoms with Gasteiger partial charge in [0.05, 0.1) is 0 Å². The van der Waals surface area contributed by atoms with Crippen LogP contribution in [-0.2, 0) is 6.54 Å². The van der Waals surface area contributed by atoms with Crippen LogP contribution in [0.4, 0.5) is 0 Å². The molecule has 0 aromatic heterocycles. The number of nitriles is 1. The smallest absolute Gasteiger partial charge is 0.184 e. The van der Waals surface area contributed by atoms with Gasteiger partial charge < -0.3 is 10.1 Å². The van der Waals surface area contributed by atoms with E-state index < -0.39 is 0 Å². The molecule has 0 radical (unpaired) electrons. The fraction of sp³-hybridized carbons (Fsp3) is 0.462. The van der Waals surface area contributed by atoms with Crippen molar-refractivity contribution in [1.82, 2.24) is 5.32 Å². The maximum absolute atomic E-state index is 8.77. The van der Waals surface area contributed by atoms with E-state index in [1.807, 2.05) is 31.2 Å². The Morgan fingerprint density at radius 3 is 2.50 bits per heavy atom. The number of benzene rings is 1. The standard InChI is InChI=1S/C13H18N2O/c1-3-12(9-14)16-13-7-5-11(6-8-13)10-15-4-2/h5-8,12,15H,3-4,10H2,1-2H3. The number of hydrogen-bond acceptors (Lipinski definition) is 3. The minimum Gasteiger partial charge on any atom is -0.476 e. The summed E-state index contributed by atoms with van der Waals surface area (Å²) in [5.74, 6) is 0.758. The summed E-state index contributed by atoms with van der Waals surface area (Å²) in [6.45, 7) is 5.85. The molecule has 0 aliphatic rings. The van der Waals surface area contributed by atoms with Gasteiger partial charge in [-0.15, -0.1) is 0 Å². The van der Waals surface area contributed by atoms with E-state index in [1.54, 1.807) is 0 Å². The van der Waals surface area contributed by atoms with Crippen LogP contribution in [0.25, 0.3) is 0 Å². The molecule has 0 saturated carbocycles. The molecule has 0 spiro atoms. The summed E-state index contributed by atoms with van der Waals surface area (Å²) in [4.78, 5) is 0. The quantitative estimate of drug-likeness (QED) is 0.797. The summed E-state index contributed by atoms with van der Waals surface area (Å²) in [5.41, 5.74) is 1.22. The SMILES string of the molecule is CCNCc1ccc(OC(C#N)CC)cc1. The molecule has 0 aliphatic heterocycles. The molecule has 0 bridgehead atoms. The Morgan fingerprint density at radius 2 is 2.00 bits per heavy atom. The summed E-state index contributed by atoms with van der Waals surface area (Å²) in [6, 6.07) is 9.97. The van der Waals surface area contributed by atoms with E-state index in [0.717, 1.165) is 18.8 Å². The maximum Gasteiger partial charge on any atom is 0.184 e.